The van der Waals surface area contributed by atoms with Crippen molar-refractivity contribution in [2.75, 3.05) is 26.2 Å². The van der Waals surface area contributed by atoms with Gasteiger partial charge < -0.3 is 15.5 Å². The van der Waals surface area contributed by atoms with Crippen molar-refractivity contribution in [2.45, 2.75) is 40.5 Å². The molecule has 0 radical (unpaired) electrons. The van der Waals surface area contributed by atoms with Crippen molar-refractivity contribution in [2.24, 2.45) is 16.6 Å². The van der Waals surface area contributed by atoms with Gasteiger partial charge in [0.15, 0.2) is 0 Å². The van der Waals surface area contributed by atoms with Crippen LogP contribution >= 0.6 is 0 Å². The first-order chi connectivity index (χ1) is 10.6. The molecule has 1 fully saturated rings. The summed E-state index contributed by atoms with van der Waals surface area (Å²) in [6, 6.07) is -0.413. The van der Waals surface area contributed by atoms with Gasteiger partial charge in [-0.05, 0) is 29.2 Å². The van der Waals surface area contributed by atoms with Gasteiger partial charge in [-0.15, -0.1) is 0 Å². The van der Waals surface area contributed by atoms with Crippen molar-refractivity contribution in [3.63, 3.8) is 0 Å². The second-order valence-corrected chi connectivity index (χ2v) is 7.96. The lowest BCUT2D eigenvalue weighted by Gasteiger charge is -2.38. The molecule has 2 aliphatic rings. The molecule has 1 heterocycles. The van der Waals surface area contributed by atoms with Crippen LogP contribution in [0, 0.1) is 10.8 Å². The van der Waals surface area contributed by atoms with Gasteiger partial charge in [-0.1, -0.05) is 39.8 Å². The van der Waals surface area contributed by atoms with Gasteiger partial charge in [-0.2, -0.15) is 0 Å². The quantitative estimate of drug-likeness (QED) is 0.795. The fourth-order valence-electron chi connectivity index (χ4n) is 3.15. The van der Waals surface area contributed by atoms with E-state index in [9.17, 15) is 9.59 Å². The van der Waals surface area contributed by atoms with Crippen LogP contribution in [0.2, 0.25) is 0 Å². The van der Waals surface area contributed by atoms with Crippen LogP contribution in [0.25, 0.3) is 0 Å². The minimum Gasteiger partial charge on any atom is -0.351 e. The molecule has 128 valence electrons. The van der Waals surface area contributed by atoms with Gasteiger partial charge in [0, 0.05) is 32.3 Å². The van der Waals surface area contributed by atoms with E-state index in [0.29, 0.717) is 26.2 Å². The number of hydrogen-bond acceptors (Lipinski definition) is 2. The molecule has 0 aromatic heterocycles. The smallest absolute Gasteiger partial charge is 0.314 e. The molecule has 0 unspecified atom stereocenters. The highest BCUT2D eigenvalue weighted by Gasteiger charge is 2.32. The Balaban J connectivity index is 2.01. The summed E-state index contributed by atoms with van der Waals surface area (Å²) in [7, 11) is 0. The van der Waals surface area contributed by atoms with Crippen LogP contribution in [0.5, 0.6) is 0 Å². The van der Waals surface area contributed by atoms with Crippen molar-refractivity contribution in [1.82, 2.24) is 9.80 Å². The highest BCUT2D eigenvalue weighted by molar-refractivity contribution is 5.88. The van der Waals surface area contributed by atoms with Gasteiger partial charge >= 0.3 is 6.03 Å². The molecule has 2 N–H and O–H groups in total. The monoisotopic (exact) mass is 319 g/mol. The van der Waals surface area contributed by atoms with Crippen LogP contribution in [0.3, 0.4) is 0 Å². The molecule has 3 amide bonds. The molecule has 0 bridgehead atoms. The minimum atomic E-state index is -0.413. The van der Waals surface area contributed by atoms with Crippen molar-refractivity contribution >= 4 is 11.9 Å². The lowest BCUT2D eigenvalue weighted by atomic mass is 9.67. The zero-order chi connectivity index (χ0) is 17.3. The van der Waals surface area contributed by atoms with Crippen LogP contribution < -0.4 is 5.73 Å². The summed E-state index contributed by atoms with van der Waals surface area (Å²) >= 11 is 0. The Morgan fingerprint density at radius 3 is 2.17 bits per heavy atom. The lowest BCUT2D eigenvalue weighted by Crippen LogP contribution is -2.51. The number of rotatable bonds is 2. The number of allylic oxidation sites excluding steroid dienone is 3. The second kappa shape index (κ2) is 6.38. The molecule has 0 aromatic rings. The predicted molar refractivity (Wildman–Crippen MR) is 91.8 cm³/mol. The van der Waals surface area contributed by atoms with Gasteiger partial charge in [-0.25, -0.2) is 4.79 Å². The third-order valence-corrected chi connectivity index (χ3v) is 5.03. The number of nitrogens with two attached hydrogens (primary N) is 1. The van der Waals surface area contributed by atoms with E-state index < -0.39 is 6.03 Å². The van der Waals surface area contributed by atoms with E-state index in [1.54, 1.807) is 15.9 Å². The number of piperazine rings is 1. The summed E-state index contributed by atoms with van der Waals surface area (Å²) in [6.45, 7) is 11.0. The minimum absolute atomic E-state index is 0.00852. The second-order valence-electron chi connectivity index (χ2n) is 7.96. The van der Waals surface area contributed by atoms with E-state index in [1.807, 2.05) is 6.08 Å². The number of amides is 3. The molecule has 5 heteroatoms. The van der Waals surface area contributed by atoms with Crippen molar-refractivity contribution in [1.29, 1.82) is 0 Å². The molecule has 5 nitrogen and oxygen atoms in total. The fourth-order valence-corrected chi connectivity index (χ4v) is 3.15. The number of hydrogen-bond donors (Lipinski definition) is 1. The summed E-state index contributed by atoms with van der Waals surface area (Å²) in [6.07, 6.45) is 8.24. The molecule has 1 saturated heterocycles. The van der Waals surface area contributed by atoms with Crippen LogP contribution in [-0.4, -0.2) is 47.9 Å². The molecule has 2 rings (SSSR count). The van der Waals surface area contributed by atoms with E-state index in [2.05, 4.69) is 33.8 Å². The molecule has 0 spiro atoms. The Hall–Kier alpha value is -1.78. The third-order valence-electron chi connectivity index (χ3n) is 5.03. The summed E-state index contributed by atoms with van der Waals surface area (Å²) in [5, 5.41) is 0. The van der Waals surface area contributed by atoms with Crippen LogP contribution in [0.15, 0.2) is 23.8 Å². The summed E-state index contributed by atoms with van der Waals surface area (Å²) in [4.78, 5) is 26.8. The first kappa shape index (κ1) is 17.6. The molecule has 0 aromatic carbocycles. The summed E-state index contributed by atoms with van der Waals surface area (Å²) in [5.74, 6) is 0.00852. The molecular formula is C18H29N3O2. The Kier molecular flexibility index (Phi) is 4.87. The van der Waals surface area contributed by atoms with Crippen LogP contribution in [0.1, 0.15) is 40.5 Å². The van der Waals surface area contributed by atoms with Gasteiger partial charge in [0.05, 0.1) is 0 Å². The molecule has 0 saturated carbocycles. The lowest BCUT2D eigenvalue weighted by molar-refractivity contribution is -0.127. The zero-order valence-electron chi connectivity index (χ0n) is 14.8. The van der Waals surface area contributed by atoms with Crippen molar-refractivity contribution in [3.05, 3.63) is 23.8 Å². The van der Waals surface area contributed by atoms with E-state index in [1.165, 1.54) is 12.0 Å². The fraction of sp³-hybridized carbons (Fsp3) is 0.667. The highest BCUT2D eigenvalue weighted by Crippen LogP contribution is 2.44. The molecule has 23 heavy (non-hydrogen) atoms. The number of urea groups is 1. The third kappa shape index (κ3) is 4.36. The SMILES string of the molecule is CC1(C)C=C(/C=C/C(=O)N2CCN(C(N)=O)CC2)C(C)(C)CC1. The zero-order valence-corrected chi connectivity index (χ0v) is 14.8. The number of nitrogens with zero attached hydrogens (tertiary/aromatic N) is 2. The van der Waals surface area contributed by atoms with Crippen LogP contribution in [-0.2, 0) is 4.79 Å². The van der Waals surface area contributed by atoms with E-state index >= 15 is 0 Å². The van der Waals surface area contributed by atoms with E-state index in [4.69, 9.17) is 5.73 Å². The Bertz CT molecular complexity index is 538. The molecular weight excluding hydrogens is 290 g/mol. The maximum Gasteiger partial charge on any atom is 0.314 e. The van der Waals surface area contributed by atoms with Gasteiger partial charge in [0.25, 0.3) is 0 Å². The van der Waals surface area contributed by atoms with Crippen molar-refractivity contribution in [3.8, 4) is 0 Å². The normalized spacial score (nSPS) is 23.7. The first-order valence-electron chi connectivity index (χ1n) is 8.35. The highest BCUT2D eigenvalue weighted by atomic mass is 16.2. The number of primary amides is 1. The average Bonchev–Trinajstić information content (AvgIpc) is 2.48. The van der Waals surface area contributed by atoms with E-state index in [-0.39, 0.29) is 16.7 Å². The Morgan fingerprint density at radius 2 is 1.61 bits per heavy atom. The molecule has 1 aliphatic carbocycles. The van der Waals surface area contributed by atoms with Crippen LogP contribution in [0.4, 0.5) is 4.79 Å². The molecule has 0 atom stereocenters. The van der Waals surface area contributed by atoms with Gasteiger partial charge in [0.2, 0.25) is 5.91 Å². The number of carbonyl (C=O) groups is 2. The Labute approximate surface area is 139 Å². The molecule has 1 aliphatic heterocycles. The maximum atomic E-state index is 12.4. The predicted octanol–water partition coefficient (Wildman–Crippen LogP) is 2.54. The number of carbonyl (C=O) groups excluding carboxylic acids is 2. The summed E-state index contributed by atoms with van der Waals surface area (Å²) in [5.41, 5.74) is 6.79. The summed E-state index contributed by atoms with van der Waals surface area (Å²) < 4.78 is 0. The average molecular weight is 319 g/mol. The van der Waals surface area contributed by atoms with Crippen molar-refractivity contribution < 1.29 is 9.59 Å². The Morgan fingerprint density at radius 1 is 1.04 bits per heavy atom. The standard InChI is InChI=1S/C18H29N3O2/c1-17(2)7-8-18(3,4)14(13-17)5-6-15(22)20-9-11-21(12-10-20)16(19)23/h5-6,13H,7-12H2,1-4H3,(H2,19,23)/b6-5+. The maximum absolute atomic E-state index is 12.4. The topological polar surface area (TPSA) is 66.6 Å². The van der Waals surface area contributed by atoms with Gasteiger partial charge in [-0.3, -0.25) is 4.79 Å². The first-order valence-corrected chi connectivity index (χ1v) is 8.35. The van der Waals surface area contributed by atoms with E-state index in [0.717, 1.165) is 6.42 Å². The van der Waals surface area contributed by atoms with Gasteiger partial charge in [0.1, 0.15) is 0 Å². The largest absolute Gasteiger partial charge is 0.351 e.